The summed E-state index contributed by atoms with van der Waals surface area (Å²) in [7, 11) is 1.55. The lowest BCUT2D eigenvalue weighted by atomic mass is 10.0. The second-order valence-corrected chi connectivity index (χ2v) is 21.0. The number of nitrogens with one attached hydrogen (secondary N) is 1. The Bertz CT molecular complexity index is 1120. The minimum atomic E-state index is -4.35. The average Bonchev–Trinajstić information content (AvgIpc) is 3.24. The monoisotopic (exact) mass is 910 g/mol. The Balaban J connectivity index is 4.33. The van der Waals surface area contributed by atoms with Crippen molar-refractivity contribution in [1.29, 1.82) is 0 Å². The number of amides is 1. The van der Waals surface area contributed by atoms with Gasteiger partial charge in [-0.15, -0.1) is 0 Å². The zero-order valence-corrected chi connectivity index (χ0v) is 43.2. The molecule has 0 spiro atoms. The van der Waals surface area contributed by atoms with Crippen molar-refractivity contribution < 1.29 is 32.9 Å². The van der Waals surface area contributed by atoms with Crippen molar-refractivity contribution in [1.82, 2.24) is 5.32 Å². The summed E-state index contributed by atoms with van der Waals surface area (Å²) >= 11 is 0. The number of carbonyl (C=O) groups excluding carboxylic acids is 1. The average molecular weight is 910 g/mol. The van der Waals surface area contributed by atoms with Crippen LogP contribution in [0.4, 0.5) is 0 Å². The summed E-state index contributed by atoms with van der Waals surface area (Å²) in [6.45, 7) is 4.81. The number of likely N-dealkylation sites (N-methyl/N-ethyl adjacent to an activating group) is 1. The SMILES string of the molecule is CCCCCCCCCCCC/C=C/CC/C=C/CC/C=C/C(O)C(COP(=O)(O)OCC[N+](C)(C)C)NC(=O)CCCCCCCCCCCCCCCCCCCCCCC. The summed E-state index contributed by atoms with van der Waals surface area (Å²) in [5.41, 5.74) is 0. The van der Waals surface area contributed by atoms with Crippen LogP contribution in [0.3, 0.4) is 0 Å². The van der Waals surface area contributed by atoms with E-state index < -0.39 is 20.0 Å². The topological polar surface area (TPSA) is 105 Å². The molecule has 0 aromatic heterocycles. The van der Waals surface area contributed by atoms with Crippen LogP contribution < -0.4 is 5.32 Å². The number of allylic oxidation sites excluding steroid dienone is 5. The lowest BCUT2D eigenvalue weighted by Crippen LogP contribution is -2.45. The van der Waals surface area contributed by atoms with Gasteiger partial charge in [-0.1, -0.05) is 237 Å². The van der Waals surface area contributed by atoms with Gasteiger partial charge in [-0.05, 0) is 44.9 Å². The number of quaternary nitrogens is 1. The van der Waals surface area contributed by atoms with E-state index in [0.717, 1.165) is 44.9 Å². The Morgan fingerprint density at radius 3 is 1.27 bits per heavy atom. The predicted molar refractivity (Wildman–Crippen MR) is 272 cm³/mol. The molecule has 0 saturated carbocycles. The van der Waals surface area contributed by atoms with Crippen LogP contribution in [0, 0.1) is 0 Å². The van der Waals surface area contributed by atoms with E-state index in [1.165, 1.54) is 186 Å². The van der Waals surface area contributed by atoms with Gasteiger partial charge < -0.3 is 19.8 Å². The fraction of sp³-hybridized carbons (Fsp3) is 0.870. The van der Waals surface area contributed by atoms with Gasteiger partial charge in [-0.25, -0.2) is 4.57 Å². The van der Waals surface area contributed by atoms with Crippen molar-refractivity contribution in [3.05, 3.63) is 36.5 Å². The number of aliphatic hydroxyl groups excluding tert-OH is 1. The number of aliphatic hydroxyl groups is 1. The molecule has 3 atom stereocenters. The molecule has 9 heteroatoms. The molecule has 63 heavy (non-hydrogen) atoms. The molecule has 0 aromatic carbocycles. The molecule has 8 nitrogen and oxygen atoms in total. The third-order valence-corrected chi connectivity index (χ3v) is 13.1. The second kappa shape index (κ2) is 45.9. The van der Waals surface area contributed by atoms with Gasteiger partial charge in [0, 0.05) is 6.42 Å². The molecule has 0 aliphatic rings. The number of unbranched alkanes of at least 4 members (excludes halogenated alkanes) is 32. The first-order chi connectivity index (χ1) is 30.5. The minimum absolute atomic E-state index is 0.0550. The maximum Gasteiger partial charge on any atom is 0.472 e. The number of hydrogen-bond acceptors (Lipinski definition) is 5. The molecule has 0 aliphatic carbocycles. The van der Waals surface area contributed by atoms with Crippen molar-refractivity contribution >= 4 is 13.7 Å². The summed E-state index contributed by atoms with van der Waals surface area (Å²) in [4.78, 5) is 23.2. The Labute approximate surface area is 391 Å². The Morgan fingerprint density at radius 2 is 0.873 bits per heavy atom. The van der Waals surface area contributed by atoms with Gasteiger partial charge in [-0.2, -0.15) is 0 Å². The van der Waals surface area contributed by atoms with Gasteiger partial charge in [0.25, 0.3) is 0 Å². The van der Waals surface area contributed by atoms with E-state index in [4.69, 9.17) is 9.05 Å². The van der Waals surface area contributed by atoms with Gasteiger partial charge in [0.15, 0.2) is 0 Å². The predicted octanol–water partition coefficient (Wildman–Crippen LogP) is 15.8. The first-order valence-corrected chi connectivity index (χ1v) is 28.4. The maximum atomic E-state index is 12.9. The largest absolute Gasteiger partial charge is 0.472 e. The second-order valence-electron chi connectivity index (χ2n) is 19.6. The van der Waals surface area contributed by atoms with Crippen molar-refractivity contribution in [2.45, 2.75) is 264 Å². The molecule has 0 rings (SSSR count). The number of phosphoric ester groups is 1. The lowest BCUT2D eigenvalue weighted by Gasteiger charge is -2.25. The molecular formula is C54H106N2O6P+. The number of carbonyl (C=O) groups is 1. The van der Waals surface area contributed by atoms with E-state index >= 15 is 0 Å². The zero-order valence-electron chi connectivity index (χ0n) is 42.3. The van der Waals surface area contributed by atoms with Crippen molar-refractivity contribution in [2.24, 2.45) is 0 Å². The lowest BCUT2D eigenvalue weighted by molar-refractivity contribution is -0.870. The molecule has 3 unspecified atom stereocenters. The van der Waals surface area contributed by atoms with Crippen LogP contribution in [0.15, 0.2) is 36.5 Å². The standard InChI is InChI=1S/C54H105N2O6P/c1-6-8-10-12-14-16-18-20-22-24-26-28-30-32-34-36-38-40-42-44-46-48-54(58)55-52(51-62-63(59,60)61-50-49-56(3,4)5)53(57)47-45-43-41-39-37-35-33-31-29-27-25-23-21-19-17-15-13-11-9-7-2/h29,31,37,39,45,47,52-53,57H,6-28,30,32-36,38,40-44,46,48-51H2,1-5H3,(H-,55,58,59,60)/p+1/b31-29+,39-37+,47-45+. The third-order valence-electron chi connectivity index (χ3n) is 12.1. The van der Waals surface area contributed by atoms with Crippen LogP contribution in [0.25, 0.3) is 0 Å². The summed E-state index contributed by atoms with van der Waals surface area (Å²) in [6.07, 6.45) is 58.1. The highest BCUT2D eigenvalue weighted by Crippen LogP contribution is 2.43. The number of rotatable bonds is 49. The normalized spacial score (nSPS) is 14.3. The summed E-state index contributed by atoms with van der Waals surface area (Å²) in [5, 5.41) is 13.9. The van der Waals surface area contributed by atoms with E-state index in [1.807, 2.05) is 27.2 Å². The van der Waals surface area contributed by atoms with E-state index in [2.05, 4.69) is 43.5 Å². The van der Waals surface area contributed by atoms with Crippen molar-refractivity contribution in [3.8, 4) is 0 Å². The maximum absolute atomic E-state index is 12.9. The summed E-state index contributed by atoms with van der Waals surface area (Å²) < 4.78 is 23.6. The van der Waals surface area contributed by atoms with Crippen LogP contribution in [-0.2, 0) is 18.4 Å². The minimum Gasteiger partial charge on any atom is -0.387 e. The first-order valence-electron chi connectivity index (χ1n) is 26.9. The van der Waals surface area contributed by atoms with Crippen LogP contribution in [-0.4, -0.2) is 73.4 Å². The fourth-order valence-electron chi connectivity index (χ4n) is 7.84. The number of nitrogens with zero attached hydrogens (tertiary/aromatic N) is 1. The van der Waals surface area contributed by atoms with Crippen LogP contribution in [0.2, 0.25) is 0 Å². The van der Waals surface area contributed by atoms with E-state index in [0.29, 0.717) is 17.4 Å². The van der Waals surface area contributed by atoms with Gasteiger partial charge in [-0.3, -0.25) is 13.8 Å². The van der Waals surface area contributed by atoms with Gasteiger partial charge in [0.2, 0.25) is 5.91 Å². The number of phosphoric acid groups is 1. The molecule has 0 fully saturated rings. The highest BCUT2D eigenvalue weighted by atomic mass is 31.2. The Morgan fingerprint density at radius 1 is 0.524 bits per heavy atom. The highest BCUT2D eigenvalue weighted by molar-refractivity contribution is 7.47. The highest BCUT2D eigenvalue weighted by Gasteiger charge is 2.27. The van der Waals surface area contributed by atoms with E-state index in [-0.39, 0.29) is 19.1 Å². The molecule has 1 amide bonds. The molecule has 3 N–H and O–H groups in total. The molecular weight excluding hydrogens is 804 g/mol. The molecule has 0 aromatic rings. The number of hydrogen-bond donors (Lipinski definition) is 3. The van der Waals surface area contributed by atoms with E-state index in [1.54, 1.807) is 6.08 Å². The van der Waals surface area contributed by atoms with Crippen LogP contribution >= 0.6 is 7.82 Å². The van der Waals surface area contributed by atoms with E-state index in [9.17, 15) is 19.4 Å². The van der Waals surface area contributed by atoms with Gasteiger partial charge in [0.05, 0.1) is 39.9 Å². The van der Waals surface area contributed by atoms with Crippen molar-refractivity contribution in [2.75, 3.05) is 40.9 Å². The fourth-order valence-corrected chi connectivity index (χ4v) is 8.58. The molecule has 0 bridgehead atoms. The Kier molecular flexibility index (Phi) is 44.9. The molecule has 372 valence electrons. The third kappa shape index (κ3) is 48.5. The smallest absolute Gasteiger partial charge is 0.387 e. The summed E-state index contributed by atoms with van der Waals surface area (Å²) in [6, 6.07) is -0.867. The summed E-state index contributed by atoms with van der Waals surface area (Å²) in [5.74, 6) is -0.187. The molecule has 0 heterocycles. The Hall–Kier alpha value is -1.28. The molecule has 0 saturated heterocycles. The molecule has 0 radical (unpaired) electrons. The van der Waals surface area contributed by atoms with Gasteiger partial charge in [0.1, 0.15) is 13.2 Å². The zero-order chi connectivity index (χ0) is 46.4. The first kappa shape index (κ1) is 61.7. The van der Waals surface area contributed by atoms with Crippen molar-refractivity contribution in [3.63, 3.8) is 0 Å². The molecule has 0 aliphatic heterocycles. The quantitative estimate of drug-likeness (QED) is 0.0243. The van der Waals surface area contributed by atoms with Crippen LogP contribution in [0.1, 0.15) is 251 Å². The van der Waals surface area contributed by atoms with Crippen LogP contribution in [0.5, 0.6) is 0 Å². The van der Waals surface area contributed by atoms with Gasteiger partial charge >= 0.3 is 7.82 Å².